The highest BCUT2D eigenvalue weighted by Crippen LogP contribution is 2.26. The first-order valence-corrected chi connectivity index (χ1v) is 10.1. The van der Waals surface area contributed by atoms with Gasteiger partial charge in [-0.15, -0.1) is 6.58 Å². The highest BCUT2D eigenvalue weighted by molar-refractivity contribution is 9.11. The Bertz CT molecular complexity index is 550. The third-order valence-electron chi connectivity index (χ3n) is 3.13. The normalized spacial score (nSPS) is 8.88. The van der Waals surface area contributed by atoms with Crippen molar-refractivity contribution in [1.82, 2.24) is 4.90 Å². The molecule has 1 aromatic rings. The van der Waals surface area contributed by atoms with E-state index in [1.54, 1.807) is 31.5 Å². The molecule has 0 aromatic heterocycles. The molecule has 0 atom stereocenters. The Morgan fingerprint density at radius 1 is 1.27 bits per heavy atom. The predicted octanol–water partition coefficient (Wildman–Crippen LogP) is 5.48. The number of amides is 1. The van der Waals surface area contributed by atoms with Crippen LogP contribution in [0, 0.1) is 0 Å². The van der Waals surface area contributed by atoms with Crippen LogP contribution < -0.4 is 9.47 Å². The fourth-order valence-corrected chi connectivity index (χ4v) is 2.31. The lowest BCUT2D eigenvalue weighted by Gasteiger charge is -2.23. The second-order valence-corrected chi connectivity index (χ2v) is 5.89. The van der Waals surface area contributed by atoms with Crippen molar-refractivity contribution in [2.75, 3.05) is 27.0 Å². The third-order valence-corrected chi connectivity index (χ3v) is 3.38. The molecular formula is C20H32BrNO3S. The van der Waals surface area contributed by atoms with Gasteiger partial charge < -0.3 is 14.4 Å². The predicted molar refractivity (Wildman–Crippen MR) is 119 cm³/mol. The first kappa shape index (κ1) is 26.8. The van der Waals surface area contributed by atoms with Gasteiger partial charge in [-0.2, -0.15) is 12.6 Å². The zero-order chi connectivity index (χ0) is 20.5. The molecule has 1 amide bonds. The van der Waals surface area contributed by atoms with Gasteiger partial charge in [0.1, 0.15) is 11.5 Å². The number of thiol groups is 1. The smallest absolute Gasteiger partial charge is 0.223 e. The maximum absolute atomic E-state index is 12.3. The van der Waals surface area contributed by atoms with Crippen LogP contribution in [0.5, 0.6) is 11.5 Å². The summed E-state index contributed by atoms with van der Waals surface area (Å²) in [6.45, 7) is 12.4. The highest BCUT2D eigenvalue weighted by atomic mass is 79.9. The number of carbonyl (C=O) groups excluding carboxylic acids is 1. The molecule has 0 saturated heterocycles. The van der Waals surface area contributed by atoms with Crippen LogP contribution in [0.25, 0.3) is 0 Å². The fourth-order valence-electron chi connectivity index (χ4n) is 2.01. The van der Waals surface area contributed by atoms with Crippen LogP contribution in [-0.2, 0) is 11.3 Å². The molecule has 1 rings (SSSR count). The van der Waals surface area contributed by atoms with E-state index in [2.05, 4.69) is 41.7 Å². The first-order valence-electron chi connectivity index (χ1n) is 8.39. The number of carbonyl (C=O) groups is 1. The molecule has 0 aliphatic carbocycles. The van der Waals surface area contributed by atoms with Crippen molar-refractivity contribution >= 4 is 34.5 Å². The van der Waals surface area contributed by atoms with E-state index in [9.17, 15) is 4.79 Å². The molecule has 4 nitrogen and oxygen atoms in total. The van der Waals surface area contributed by atoms with Crippen molar-refractivity contribution in [3.05, 3.63) is 47.5 Å². The molecule has 26 heavy (non-hydrogen) atoms. The second kappa shape index (κ2) is 17.0. The van der Waals surface area contributed by atoms with Gasteiger partial charge in [0.05, 0.1) is 20.8 Å². The van der Waals surface area contributed by atoms with Gasteiger partial charge in [-0.3, -0.25) is 4.79 Å². The maximum Gasteiger partial charge on any atom is 0.223 e. The van der Waals surface area contributed by atoms with E-state index in [1.165, 1.54) is 0 Å². The Kier molecular flexibility index (Phi) is 17.6. The van der Waals surface area contributed by atoms with E-state index in [1.807, 2.05) is 32.0 Å². The number of benzene rings is 1. The van der Waals surface area contributed by atoms with Crippen molar-refractivity contribution in [2.24, 2.45) is 0 Å². The Hall–Kier alpha value is -1.40. The monoisotopic (exact) mass is 445 g/mol. The van der Waals surface area contributed by atoms with Gasteiger partial charge in [0, 0.05) is 29.1 Å². The average Bonchev–Trinajstić information content (AvgIpc) is 2.68. The molecule has 0 bridgehead atoms. The van der Waals surface area contributed by atoms with Gasteiger partial charge in [0.25, 0.3) is 0 Å². The van der Waals surface area contributed by atoms with Gasteiger partial charge >= 0.3 is 0 Å². The van der Waals surface area contributed by atoms with Crippen molar-refractivity contribution in [1.29, 1.82) is 0 Å². The molecular weight excluding hydrogens is 414 g/mol. The molecule has 0 heterocycles. The molecule has 0 unspecified atom stereocenters. The molecule has 0 aliphatic heterocycles. The van der Waals surface area contributed by atoms with E-state index in [0.29, 0.717) is 31.7 Å². The van der Waals surface area contributed by atoms with Gasteiger partial charge in [-0.1, -0.05) is 42.4 Å². The molecule has 6 heteroatoms. The Morgan fingerprint density at radius 2 is 1.88 bits per heavy atom. The number of ether oxygens (including phenoxy) is 2. The minimum Gasteiger partial charge on any atom is -0.497 e. The summed E-state index contributed by atoms with van der Waals surface area (Å²) in [4.78, 5) is 14.1. The van der Waals surface area contributed by atoms with Crippen LogP contribution in [0.15, 0.2) is 41.9 Å². The van der Waals surface area contributed by atoms with Crippen molar-refractivity contribution in [3.63, 3.8) is 0 Å². The zero-order valence-corrected chi connectivity index (χ0v) is 19.0. The summed E-state index contributed by atoms with van der Waals surface area (Å²) >= 11 is 6.85. The van der Waals surface area contributed by atoms with E-state index in [-0.39, 0.29) is 5.91 Å². The Labute approximate surface area is 172 Å². The second-order valence-electron chi connectivity index (χ2n) is 4.77. The topological polar surface area (TPSA) is 38.8 Å². The minimum absolute atomic E-state index is 0.0540. The quantitative estimate of drug-likeness (QED) is 0.403. The third kappa shape index (κ3) is 10.6. The number of nitrogens with zero attached hydrogens (tertiary/aromatic N) is 1. The van der Waals surface area contributed by atoms with E-state index in [0.717, 1.165) is 15.8 Å². The minimum atomic E-state index is 0.0540. The molecule has 0 saturated carbocycles. The summed E-state index contributed by atoms with van der Waals surface area (Å²) in [6, 6.07) is 5.57. The summed E-state index contributed by atoms with van der Waals surface area (Å²) in [5.74, 6) is 1.47. The van der Waals surface area contributed by atoms with Crippen LogP contribution in [0.3, 0.4) is 0 Å². The summed E-state index contributed by atoms with van der Waals surface area (Å²) in [5, 5.41) is 0. The van der Waals surface area contributed by atoms with Gasteiger partial charge in [-0.25, -0.2) is 0 Å². The van der Waals surface area contributed by atoms with Crippen LogP contribution in [0.4, 0.5) is 0 Å². The maximum atomic E-state index is 12.3. The van der Waals surface area contributed by atoms with Crippen LogP contribution >= 0.6 is 28.6 Å². The van der Waals surface area contributed by atoms with Crippen molar-refractivity contribution in [2.45, 2.75) is 33.2 Å². The van der Waals surface area contributed by atoms with Crippen molar-refractivity contribution in [3.8, 4) is 11.5 Å². The number of hydrogen-bond acceptors (Lipinski definition) is 4. The van der Waals surface area contributed by atoms with Crippen LogP contribution in [0.2, 0.25) is 0 Å². The SMILES string of the molecule is C=CCCC(=O)N(CC(=C)Br)Cc1ccc(OC)cc1OC.CC.CS. The highest BCUT2D eigenvalue weighted by Gasteiger charge is 2.16. The molecule has 0 aliphatic rings. The molecule has 0 spiro atoms. The summed E-state index contributed by atoms with van der Waals surface area (Å²) in [6.07, 6.45) is 4.53. The molecule has 148 valence electrons. The number of methoxy groups -OCH3 is 2. The zero-order valence-electron chi connectivity index (χ0n) is 16.5. The number of allylic oxidation sites excluding steroid dienone is 1. The lowest BCUT2D eigenvalue weighted by Crippen LogP contribution is -2.31. The van der Waals surface area contributed by atoms with Crippen molar-refractivity contribution < 1.29 is 14.3 Å². The van der Waals surface area contributed by atoms with E-state index < -0.39 is 0 Å². The summed E-state index contributed by atoms with van der Waals surface area (Å²) in [5.41, 5.74) is 0.920. The lowest BCUT2D eigenvalue weighted by atomic mass is 10.1. The average molecular weight is 446 g/mol. The molecule has 1 aromatic carbocycles. The van der Waals surface area contributed by atoms with Crippen LogP contribution in [-0.4, -0.2) is 37.8 Å². The van der Waals surface area contributed by atoms with E-state index >= 15 is 0 Å². The first-order chi connectivity index (χ1) is 12.5. The Morgan fingerprint density at radius 3 is 2.35 bits per heavy atom. The fraction of sp³-hybridized carbons (Fsp3) is 0.450. The Balaban J connectivity index is 0. The van der Waals surface area contributed by atoms with E-state index in [4.69, 9.17) is 9.47 Å². The summed E-state index contributed by atoms with van der Waals surface area (Å²) < 4.78 is 11.3. The largest absolute Gasteiger partial charge is 0.497 e. The van der Waals surface area contributed by atoms with Gasteiger partial charge in [-0.05, 0) is 24.8 Å². The van der Waals surface area contributed by atoms with Crippen LogP contribution in [0.1, 0.15) is 32.3 Å². The van der Waals surface area contributed by atoms with Gasteiger partial charge in [0.2, 0.25) is 5.91 Å². The number of rotatable bonds is 9. The number of hydrogen-bond donors (Lipinski definition) is 1. The van der Waals surface area contributed by atoms with Gasteiger partial charge in [0.15, 0.2) is 0 Å². The summed E-state index contributed by atoms with van der Waals surface area (Å²) in [7, 11) is 3.21. The molecule has 0 fully saturated rings. The molecule has 0 radical (unpaired) electrons. The number of halogens is 1. The lowest BCUT2D eigenvalue weighted by molar-refractivity contribution is -0.131. The standard InChI is InChI=1S/C17H22BrNO3.C2H6.CH4S/c1-5-6-7-17(20)19(11-13(2)18)12-14-8-9-15(21-3)10-16(14)22-4;2*1-2/h5,8-10H,1-2,6-7,11-12H2,3-4H3;1-2H3;2H,1H3. The molecule has 0 N–H and O–H groups in total.